The number of rotatable bonds is 6. The van der Waals surface area contributed by atoms with Crippen molar-refractivity contribution in [1.29, 1.82) is 0 Å². The number of benzene rings is 1. The number of carboxylic acid groups (broad SMARTS) is 1. The number of alkyl carbamates (subject to hydrolysis) is 1. The van der Waals surface area contributed by atoms with Gasteiger partial charge in [0, 0.05) is 23.4 Å². The fourth-order valence-electron chi connectivity index (χ4n) is 6.30. The lowest BCUT2D eigenvalue weighted by Gasteiger charge is -2.29. The molecule has 3 N–H and O–H groups in total. The average Bonchev–Trinajstić information content (AvgIpc) is 3.25. The number of nitrogens with zero attached hydrogens (tertiary/aromatic N) is 1. The second-order valence-electron chi connectivity index (χ2n) is 12.0. The van der Waals surface area contributed by atoms with E-state index < -0.39 is 63.6 Å². The van der Waals surface area contributed by atoms with Gasteiger partial charge in [0.05, 0.1) is 11.0 Å². The summed E-state index contributed by atoms with van der Waals surface area (Å²) < 4.78 is 37.9. The molecule has 5 rings (SSSR count). The predicted molar refractivity (Wildman–Crippen MR) is 161 cm³/mol. The van der Waals surface area contributed by atoms with Crippen LogP contribution in [0.25, 0.3) is 0 Å². The predicted octanol–water partition coefficient (Wildman–Crippen LogP) is 3.64. The number of carbonyl (C=O) groups is 4. The van der Waals surface area contributed by atoms with Gasteiger partial charge >= 0.3 is 12.1 Å². The van der Waals surface area contributed by atoms with Gasteiger partial charge in [0.1, 0.15) is 23.7 Å². The molecule has 3 fully saturated rings. The first-order valence-electron chi connectivity index (χ1n) is 15.2. The number of aliphatic carboxylic acids is 1. The molecule has 2 aliphatic heterocycles. The zero-order valence-electron chi connectivity index (χ0n) is 24.3. The van der Waals surface area contributed by atoms with E-state index in [-0.39, 0.29) is 36.8 Å². The molecule has 1 saturated heterocycles. The number of halogens is 1. The summed E-state index contributed by atoms with van der Waals surface area (Å²) in [5, 5.41) is 15.4. The topological polar surface area (TPSA) is 168 Å². The Kier molecular flexibility index (Phi) is 10.0. The minimum absolute atomic E-state index is 0.0902. The fraction of sp³-hybridized carbons (Fsp3) is 0.600. The summed E-state index contributed by atoms with van der Waals surface area (Å²) in [4.78, 5) is 53.9. The number of carboxylic acids is 1. The molecule has 240 valence electrons. The van der Waals surface area contributed by atoms with E-state index in [4.69, 9.17) is 8.92 Å². The third-order valence-electron chi connectivity index (χ3n) is 8.85. The Morgan fingerprint density at radius 1 is 1.02 bits per heavy atom. The third kappa shape index (κ3) is 7.45. The maximum Gasteiger partial charge on any atom is 0.408 e. The van der Waals surface area contributed by atoms with Gasteiger partial charge in [-0.25, -0.2) is 9.59 Å². The molecule has 44 heavy (non-hydrogen) atoms. The minimum atomic E-state index is -4.25. The van der Waals surface area contributed by atoms with Crippen molar-refractivity contribution in [2.24, 2.45) is 5.92 Å². The van der Waals surface area contributed by atoms with Crippen molar-refractivity contribution >= 4 is 49.9 Å². The summed E-state index contributed by atoms with van der Waals surface area (Å²) in [5.41, 5.74) is -1.51. The highest BCUT2D eigenvalue weighted by molar-refractivity contribution is 9.10. The zero-order valence-corrected chi connectivity index (χ0v) is 26.7. The summed E-state index contributed by atoms with van der Waals surface area (Å²) in [6, 6.07) is 3.62. The normalized spacial score (nSPS) is 30.0. The van der Waals surface area contributed by atoms with Crippen molar-refractivity contribution in [2.45, 2.75) is 105 Å². The molecular formula is C30H38BrN3O9S. The van der Waals surface area contributed by atoms with Gasteiger partial charge < -0.3 is 25.4 Å². The molecule has 0 unspecified atom stereocenters. The Bertz CT molecular complexity index is 1400. The number of hydrogen-bond donors (Lipinski definition) is 3. The Balaban J connectivity index is 1.40. The van der Waals surface area contributed by atoms with Crippen LogP contribution in [0.4, 0.5) is 4.79 Å². The van der Waals surface area contributed by atoms with Gasteiger partial charge in [-0.05, 0) is 75.6 Å². The summed E-state index contributed by atoms with van der Waals surface area (Å²) in [5.74, 6) is -2.87. The van der Waals surface area contributed by atoms with E-state index in [1.165, 1.54) is 17.0 Å². The molecule has 2 aliphatic carbocycles. The van der Waals surface area contributed by atoms with E-state index in [0.29, 0.717) is 10.9 Å². The van der Waals surface area contributed by atoms with Crippen LogP contribution in [0.15, 0.2) is 45.8 Å². The van der Waals surface area contributed by atoms with Gasteiger partial charge in [-0.15, -0.1) is 0 Å². The Morgan fingerprint density at radius 3 is 2.43 bits per heavy atom. The first-order chi connectivity index (χ1) is 21.0. The number of nitrogens with one attached hydrogen (secondary N) is 2. The van der Waals surface area contributed by atoms with E-state index in [1.807, 2.05) is 12.2 Å². The monoisotopic (exact) mass is 695 g/mol. The SMILES string of the molecule is O=C(N[C@H]1CCCCCC=C[C@@H]2C[C@@]2(C(=O)O)NC(=O)[C@@H]2C[C@H](OS(=O)(=O)c3ccc(Br)cc3)CN2C1=O)OC1CCCC1. The van der Waals surface area contributed by atoms with Crippen molar-refractivity contribution in [3.05, 3.63) is 40.9 Å². The maximum atomic E-state index is 14.0. The van der Waals surface area contributed by atoms with Crippen LogP contribution in [0.2, 0.25) is 0 Å². The molecule has 0 aromatic heterocycles. The van der Waals surface area contributed by atoms with Gasteiger partial charge in [0.2, 0.25) is 11.8 Å². The molecule has 2 heterocycles. The molecule has 3 amide bonds. The largest absolute Gasteiger partial charge is 0.479 e. The minimum Gasteiger partial charge on any atom is -0.479 e. The highest BCUT2D eigenvalue weighted by atomic mass is 79.9. The van der Waals surface area contributed by atoms with Crippen LogP contribution >= 0.6 is 15.9 Å². The van der Waals surface area contributed by atoms with Crippen LogP contribution in [-0.2, 0) is 33.4 Å². The molecule has 0 bridgehead atoms. The molecule has 2 saturated carbocycles. The first-order valence-corrected chi connectivity index (χ1v) is 17.4. The van der Waals surface area contributed by atoms with Crippen LogP contribution in [0.1, 0.15) is 70.6 Å². The molecule has 14 heteroatoms. The molecular weight excluding hydrogens is 658 g/mol. The number of amides is 3. The second-order valence-corrected chi connectivity index (χ2v) is 14.5. The smallest absolute Gasteiger partial charge is 0.408 e. The summed E-state index contributed by atoms with van der Waals surface area (Å²) in [6.45, 7) is -0.244. The summed E-state index contributed by atoms with van der Waals surface area (Å²) in [6.07, 6.45) is 8.37. The molecule has 5 atom stereocenters. The van der Waals surface area contributed by atoms with E-state index >= 15 is 0 Å². The first kappa shape index (κ1) is 32.4. The quantitative estimate of drug-likeness (QED) is 0.297. The lowest BCUT2D eigenvalue weighted by molar-refractivity contribution is -0.145. The highest BCUT2D eigenvalue weighted by Crippen LogP contribution is 2.45. The second kappa shape index (κ2) is 13.6. The van der Waals surface area contributed by atoms with E-state index in [2.05, 4.69) is 26.6 Å². The molecule has 12 nitrogen and oxygen atoms in total. The number of fused-ring (bicyclic) bond motifs is 2. The number of carbonyl (C=O) groups excluding carboxylic acids is 3. The van der Waals surface area contributed by atoms with Crippen molar-refractivity contribution < 1.29 is 41.6 Å². The van der Waals surface area contributed by atoms with E-state index in [9.17, 15) is 32.7 Å². The van der Waals surface area contributed by atoms with Crippen molar-refractivity contribution in [1.82, 2.24) is 15.5 Å². The fourth-order valence-corrected chi connectivity index (χ4v) is 7.64. The highest BCUT2D eigenvalue weighted by Gasteiger charge is 2.61. The molecule has 1 aromatic rings. The van der Waals surface area contributed by atoms with Crippen molar-refractivity contribution in [3.63, 3.8) is 0 Å². The summed E-state index contributed by atoms with van der Waals surface area (Å²) >= 11 is 3.27. The Labute approximate surface area is 265 Å². The van der Waals surface area contributed by atoms with E-state index in [0.717, 1.165) is 44.9 Å². The van der Waals surface area contributed by atoms with Gasteiger partial charge in [-0.2, -0.15) is 8.42 Å². The van der Waals surface area contributed by atoms with Gasteiger partial charge in [0.15, 0.2) is 0 Å². The number of allylic oxidation sites excluding steroid dienone is 1. The third-order valence-corrected chi connectivity index (χ3v) is 10.8. The lowest BCUT2D eigenvalue weighted by Crippen LogP contribution is -2.56. The van der Waals surface area contributed by atoms with Crippen LogP contribution in [0.3, 0.4) is 0 Å². The lowest BCUT2D eigenvalue weighted by atomic mass is 10.0. The zero-order chi connectivity index (χ0) is 31.5. The molecule has 1 aromatic carbocycles. The molecule has 0 spiro atoms. The number of hydrogen-bond acceptors (Lipinski definition) is 8. The van der Waals surface area contributed by atoms with Crippen LogP contribution in [0.5, 0.6) is 0 Å². The average molecular weight is 697 g/mol. The molecule has 0 radical (unpaired) electrons. The Morgan fingerprint density at radius 2 is 1.73 bits per heavy atom. The standard InChI is InChI=1S/C30H38BrN3O9S/c31-20-12-14-23(15-13-20)44(40,41)43-22-16-25-26(35)33-30(28(37)38)17-19(30)8-4-2-1-3-5-11-24(27(36)34(25)18-22)32-29(39)42-21-9-6-7-10-21/h4,8,12-15,19,21-22,24-25H,1-3,5-7,9-11,16-18H2,(H,32,39)(H,33,35)(H,37,38)/t19-,22+,24+,25+,30-/m1/s1. The van der Waals surface area contributed by atoms with Crippen LogP contribution < -0.4 is 10.6 Å². The number of ether oxygens (including phenoxy) is 1. The van der Waals surface area contributed by atoms with Gasteiger partial charge in [-0.1, -0.05) is 40.9 Å². The van der Waals surface area contributed by atoms with Gasteiger partial charge in [-0.3, -0.25) is 13.8 Å². The molecule has 4 aliphatic rings. The summed E-state index contributed by atoms with van der Waals surface area (Å²) in [7, 11) is -4.25. The Hall–Kier alpha value is -2.97. The van der Waals surface area contributed by atoms with Crippen LogP contribution in [-0.4, -0.2) is 78.7 Å². The van der Waals surface area contributed by atoms with Crippen molar-refractivity contribution in [3.8, 4) is 0 Å². The van der Waals surface area contributed by atoms with E-state index in [1.54, 1.807) is 12.1 Å². The maximum absolute atomic E-state index is 14.0. The van der Waals surface area contributed by atoms with Gasteiger partial charge in [0.25, 0.3) is 10.1 Å². The van der Waals surface area contributed by atoms with Crippen molar-refractivity contribution in [2.75, 3.05) is 6.54 Å². The van der Waals surface area contributed by atoms with Crippen LogP contribution in [0, 0.1) is 5.92 Å².